The lowest BCUT2D eigenvalue weighted by molar-refractivity contribution is -0.176. The number of hydrogen-bond donors (Lipinski definition) is 3. The molecule has 0 bridgehead atoms. The van der Waals surface area contributed by atoms with Crippen LogP contribution in [0.5, 0.6) is 0 Å². The van der Waals surface area contributed by atoms with Crippen LogP contribution in [0, 0.1) is 34.5 Å². The Morgan fingerprint density at radius 3 is 2.26 bits per heavy atom. The summed E-state index contributed by atoms with van der Waals surface area (Å²) in [5.41, 5.74) is -1.07. The van der Waals surface area contributed by atoms with Crippen LogP contribution < -0.4 is 16.0 Å². The van der Waals surface area contributed by atoms with Crippen molar-refractivity contribution in [3.05, 3.63) is 0 Å². The van der Waals surface area contributed by atoms with Crippen molar-refractivity contribution in [3.8, 4) is 6.07 Å². The van der Waals surface area contributed by atoms with Crippen molar-refractivity contribution in [2.24, 2.45) is 23.2 Å². The summed E-state index contributed by atoms with van der Waals surface area (Å²) < 4.78 is 38.8. The number of rotatable bonds is 7. The third kappa shape index (κ3) is 6.86. The molecule has 4 amide bonds. The zero-order chi connectivity index (χ0) is 26.7. The van der Waals surface area contributed by atoms with Gasteiger partial charge in [0.15, 0.2) is 0 Å². The maximum Gasteiger partial charge on any atom is 0.471 e. The summed E-state index contributed by atoms with van der Waals surface area (Å²) >= 11 is 0. The van der Waals surface area contributed by atoms with Crippen molar-refractivity contribution in [1.29, 1.82) is 5.26 Å². The molecular weight excluding hydrogens is 467 g/mol. The van der Waals surface area contributed by atoms with Crippen molar-refractivity contribution < 1.29 is 32.3 Å². The monoisotopic (exact) mass is 501 g/mol. The Bertz CT molecular complexity index is 878. The fourth-order valence-corrected chi connectivity index (χ4v) is 4.68. The second-order valence-corrected chi connectivity index (χ2v) is 10.6. The van der Waals surface area contributed by atoms with Gasteiger partial charge in [0, 0.05) is 19.0 Å². The number of nitriles is 1. The second kappa shape index (κ2) is 10.8. The molecule has 196 valence electrons. The summed E-state index contributed by atoms with van der Waals surface area (Å²) in [4.78, 5) is 51.5. The SMILES string of the molecule is CC(C)[C@H]1CCN(C(=O)[C@@H](NC(=O)C(F)(F)F)C(C)(C)C)C1C(=O)N[C@H](C#N)C[C@@H]1CCNC1=O. The van der Waals surface area contributed by atoms with Crippen LogP contribution in [0.25, 0.3) is 0 Å². The number of carbonyl (C=O) groups excluding carboxylic acids is 4. The molecule has 0 spiro atoms. The van der Waals surface area contributed by atoms with E-state index in [4.69, 9.17) is 0 Å². The summed E-state index contributed by atoms with van der Waals surface area (Å²) in [5, 5.41) is 16.7. The lowest BCUT2D eigenvalue weighted by atomic mass is 9.84. The third-order valence-corrected chi connectivity index (χ3v) is 6.65. The molecule has 2 fully saturated rings. The van der Waals surface area contributed by atoms with Crippen molar-refractivity contribution in [3.63, 3.8) is 0 Å². The van der Waals surface area contributed by atoms with Crippen LogP contribution in [-0.4, -0.2) is 65.9 Å². The van der Waals surface area contributed by atoms with Gasteiger partial charge in [0.25, 0.3) is 0 Å². The summed E-state index contributed by atoms with van der Waals surface area (Å²) in [5.74, 6) is -4.56. The van der Waals surface area contributed by atoms with Crippen LogP contribution in [0.4, 0.5) is 13.2 Å². The molecule has 2 aliphatic rings. The highest BCUT2D eigenvalue weighted by Gasteiger charge is 2.49. The van der Waals surface area contributed by atoms with Crippen LogP contribution in [0.2, 0.25) is 0 Å². The number of nitrogens with zero attached hydrogens (tertiary/aromatic N) is 2. The van der Waals surface area contributed by atoms with Crippen molar-refractivity contribution >= 4 is 23.6 Å². The fraction of sp³-hybridized carbons (Fsp3) is 0.783. The van der Waals surface area contributed by atoms with Gasteiger partial charge in [-0.25, -0.2) is 0 Å². The lowest BCUT2D eigenvalue weighted by Crippen LogP contribution is -2.60. The number of alkyl halides is 3. The van der Waals surface area contributed by atoms with E-state index in [1.54, 1.807) is 5.32 Å². The number of halogens is 3. The Morgan fingerprint density at radius 1 is 1.17 bits per heavy atom. The number of hydrogen-bond acceptors (Lipinski definition) is 5. The van der Waals surface area contributed by atoms with Crippen LogP contribution in [0.15, 0.2) is 0 Å². The molecule has 35 heavy (non-hydrogen) atoms. The largest absolute Gasteiger partial charge is 0.471 e. The van der Waals surface area contributed by atoms with E-state index in [-0.39, 0.29) is 30.7 Å². The molecule has 0 radical (unpaired) electrons. The van der Waals surface area contributed by atoms with Gasteiger partial charge in [-0.2, -0.15) is 18.4 Å². The average molecular weight is 502 g/mol. The highest BCUT2D eigenvalue weighted by molar-refractivity contribution is 5.94. The van der Waals surface area contributed by atoms with Gasteiger partial charge in [-0.15, -0.1) is 0 Å². The van der Waals surface area contributed by atoms with Crippen molar-refractivity contribution in [2.75, 3.05) is 13.1 Å². The van der Waals surface area contributed by atoms with Gasteiger partial charge in [0.1, 0.15) is 18.1 Å². The Hall–Kier alpha value is -2.84. The zero-order valence-corrected chi connectivity index (χ0v) is 20.7. The Labute approximate surface area is 203 Å². The van der Waals surface area contributed by atoms with Crippen LogP contribution >= 0.6 is 0 Å². The molecule has 9 nitrogen and oxygen atoms in total. The van der Waals surface area contributed by atoms with Gasteiger partial charge < -0.3 is 20.9 Å². The first-order valence-corrected chi connectivity index (χ1v) is 11.7. The van der Waals surface area contributed by atoms with Gasteiger partial charge in [0.2, 0.25) is 17.7 Å². The number of amides is 4. The molecule has 2 aliphatic heterocycles. The second-order valence-electron chi connectivity index (χ2n) is 10.6. The van der Waals surface area contributed by atoms with Gasteiger partial charge in [-0.1, -0.05) is 34.6 Å². The van der Waals surface area contributed by atoms with Gasteiger partial charge >= 0.3 is 12.1 Å². The van der Waals surface area contributed by atoms with E-state index >= 15 is 0 Å². The predicted octanol–water partition coefficient (Wildman–Crippen LogP) is 1.49. The first kappa shape index (κ1) is 28.4. The highest BCUT2D eigenvalue weighted by Crippen LogP contribution is 2.34. The Kier molecular flexibility index (Phi) is 8.79. The molecule has 0 aliphatic carbocycles. The minimum Gasteiger partial charge on any atom is -0.356 e. The van der Waals surface area contributed by atoms with E-state index in [2.05, 4.69) is 10.6 Å². The molecule has 5 atom stereocenters. The number of nitrogens with one attached hydrogen (secondary N) is 3. The van der Waals surface area contributed by atoms with E-state index in [9.17, 15) is 37.6 Å². The molecule has 0 aromatic rings. The number of carbonyl (C=O) groups is 4. The lowest BCUT2D eigenvalue weighted by Gasteiger charge is -2.37. The molecule has 2 saturated heterocycles. The quantitative estimate of drug-likeness (QED) is 0.486. The summed E-state index contributed by atoms with van der Waals surface area (Å²) in [6, 6.07) is -1.53. The van der Waals surface area contributed by atoms with Crippen molar-refractivity contribution in [1.82, 2.24) is 20.9 Å². The topological polar surface area (TPSA) is 131 Å². The summed E-state index contributed by atoms with van der Waals surface area (Å²) in [6.45, 7) is 8.93. The maximum absolute atomic E-state index is 13.5. The van der Waals surface area contributed by atoms with Gasteiger partial charge in [-0.05, 0) is 36.5 Å². The third-order valence-electron chi connectivity index (χ3n) is 6.65. The number of likely N-dealkylation sites (tertiary alicyclic amines) is 1. The Balaban J connectivity index is 2.28. The summed E-state index contributed by atoms with van der Waals surface area (Å²) in [6.07, 6.45) is -4.07. The normalized spacial score (nSPS) is 24.5. The molecule has 3 N–H and O–H groups in total. The molecule has 2 heterocycles. The first-order valence-electron chi connectivity index (χ1n) is 11.7. The van der Waals surface area contributed by atoms with Crippen LogP contribution in [0.1, 0.15) is 53.9 Å². The first-order chi connectivity index (χ1) is 16.1. The molecule has 0 aromatic heterocycles. The van der Waals surface area contributed by atoms with E-state index in [1.165, 1.54) is 25.7 Å². The van der Waals surface area contributed by atoms with Crippen LogP contribution in [-0.2, 0) is 19.2 Å². The van der Waals surface area contributed by atoms with Crippen LogP contribution in [0.3, 0.4) is 0 Å². The molecular formula is C23H34F3N5O4. The maximum atomic E-state index is 13.5. The minimum atomic E-state index is -5.17. The summed E-state index contributed by atoms with van der Waals surface area (Å²) in [7, 11) is 0. The highest BCUT2D eigenvalue weighted by atomic mass is 19.4. The van der Waals surface area contributed by atoms with E-state index in [0.717, 1.165) is 0 Å². The predicted molar refractivity (Wildman–Crippen MR) is 119 cm³/mol. The average Bonchev–Trinajstić information content (AvgIpc) is 3.35. The van der Waals surface area contributed by atoms with E-state index < -0.39 is 53.4 Å². The van der Waals surface area contributed by atoms with Crippen molar-refractivity contribution in [2.45, 2.75) is 78.2 Å². The standard InChI is InChI=1S/C23H34F3N5O4/c1-12(2)15-7-9-31(20(34)17(22(3,4)5)30-21(35)23(24,25)26)16(15)19(33)29-14(11-27)10-13-6-8-28-18(13)32/h12-17H,6-10H2,1-5H3,(H,28,32)(H,29,33)(H,30,35)/t13-,14-,15+,16?,17+/m0/s1. The minimum absolute atomic E-state index is 0.0393. The zero-order valence-electron chi connectivity index (χ0n) is 20.7. The Morgan fingerprint density at radius 2 is 1.80 bits per heavy atom. The molecule has 12 heteroatoms. The van der Waals surface area contributed by atoms with Gasteiger partial charge in [-0.3, -0.25) is 19.2 Å². The van der Waals surface area contributed by atoms with Gasteiger partial charge in [0.05, 0.1) is 6.07 Å². The molecule has 0 aromatic carbocycles. The van der Waals surface area contributed by atoms with E-state index in [1.807, 2.05) is 19.9 Å². The molecule has 0 saturated carbocycles. The van der Waals surface area contributed by atoms with E-state index in [0.29, 0.717) is 19.4 Å². The molecule has 1 unspecified atom stereocenters. The fourth-order valence-electron chi connectivity index (χ4n) is 4.68. The molecule has 2 rings (SSSR count). The smallest absolute Gasteiger partial charge is 0.356 e.